The van der Waals surface area contributed by atoms with Crippen molar-refractivity contribution in [1.82, 2.24) is 0 Å². The molecule has 0 heterocycles. The van der Waals surface area contributed by atoms with Crippen molar-refractivity contribution < 1.29 is 9.90 Å². The first-order valence-electron chi connectivity index (χ1n) is 7.38. The molecule has 0 saturated heterocycles. The first-order chi connectivity index (χ1) is 8.46. The summed E-state index contributed by atoms with van der Waals surface area (Å²) in [7, 11) is 0. The molecule has 102 valence electrons. The second-order valence-electron chi connectivity index (χ2n) is 7.19. The fraction of sp³-hybridized carbons (Fsp3) is 0.933. The van der Waals surface area contributed by atoms with Gasteiger partial charge in [-0.15, -0.1) is 0 Å². The van der Waals surface area contributed by atoms with Gasteiger partial charge >= 0.3 is 5.97 Å². The topological polar surface area (TPSA) is 63.3 Å². The number of carboxylic acids is 1. The quantitative estimate of drug-likeness (QED) is 0.810. The van der Waals surface area contributed by atoms with Gasteiger partial charge < -0.3 is 10.8 Å². The summed E-state index contributed by atoms with van der Waals surface area (Å²) in [4.78, 5) is 11.2. The lowest BCUT2D eigenvalue weighted by Gasteiger charge is -2.67. The lowest BCUT2D eigenvalue weighted by molar-refractivity contribution is -0.199. The van der Waals surface area contributed by atoms with E-state index in [-0.39, 0.29) is 11.8 Å². The average molecular weight is 251 g/mol. The number of fused-ring (bicyclic) bond motifs is 1. The maximum atomic E-state index is 11.2. The normalized spacial score (nSPS) is 53.7. The van der Waals surface area contributed by atoms with Crippen molar-refractivity contribution in [3.8, 4) is 0 Å². The van der Waals surface area contributed by atoms with Crippen molar-refractivity contribution in [3.63, 3.8) is 0 Å². The van der Waals surface area contributed by atoms with Crippen LogP contribution < -0.4 is 5.73 Å². The minimum Gasteiger partial charge on any atom is -0.481 e. The Morgan fingerprint density at radius 3 is 2.72 bits per heavy atom. The molecule has 0 aliphatic heterocycles. The van der Waals surface area contributed by atoms with E-state index in [0.29, 0.717) is 23.8 Å². The lowest BCUT2D eigenvalue weighted by Crippen LogP contribution is -2.66. The Labute approximate surface area is 109 Å². The van der Waals surface area contributed by atoms with E-state index in [1.165, 1.54) is 25.7 Å². The van der Waals surface area contributed by atoms with Gasteiger partial charge in [-0.2, -0.15) is 0 Å². The summed E-state index contributed by atoms with van der Waals surface area (Å²) >= 11 is 0. The molecular formula is C15H25NO2. The molecule has 3 saturated carbocycles. The highest BCUT2D eigenvalue weighted by Crippen LogP contribution is 2.77. The Bertz CT molecular complexity index is 383. The van der Waals surface area contributed by atoms with Crippen LogP contribution in [0, 0.1) is 34.5 Å². The van der Waals surface area contributed by atoms with Crippen LogP contribution in [0.25, 0.3) is 0 Å². The van der Waals surface area contributed by atoms with Gasteiger partial charge in [-0.25, -0.2) is 0 Å². The fourth-order valence-electron chi connectivity index (χ4n) is 6.20. The van der Waals surface area contributed by atoms with E-state index in [1.54, 1.807) is 0 Å². The number of hydrogen-bond donors (Lipinski definition) is 2. The van der Waals surface area contributed by atoms with Gasteiger partial charge in [0.25, 0.3) is 0 Å². The SMILES string of the molecule is C[C@H]1[C@H]2CCC[C@@H]3[C@](CN)(CC(=O)O)[C@H](C2)[C@@]31C. The number of nitrogens with two attached hydrogens (primary N) is 1. The summed E-state index contributed by atoms with van der Waals surface area (Å²) in [5.74, 6) is 2.00. The van der Waals surface area contributed by atoms with Crippen LogP contribution in [0.5, 0.6) is 0 Å². The molecule has 3 N–H and O–H groups in total. The van der Waals surface area contributed by atoms with Crippen molar-refractivity contribution in [1.29, 1.82) is 0 Å². The first-order valence-corrected chi connectivity index (χ1v) is 7.38. The van der Waals surface area contributed by atoms with Gasteiger partial charge in [-0.05, 0) is 53.9 Å². The van der Waals surface area contributed by atoms with Gasteiger partial charge in [-0.3, -0.25) is 4.79 Å². The number of carboxylic acid groups (broad SMARTS) is 1. The number of rotatable bonds is 3. The highest BCUT2D eigenvalue weighted by molar-refractivity contribution is 5.68. The molecule has 0 radical (unpaired) electrons. The standard InChI is InChI=1S/C15H25NO2/c1-9-10-4-3-5-11-14(9,2)12(6-10)15(11,8-16)7-13(17)18/h9-12H,3-8,16H2,1-2H3,(H,17,18)/t9-,10-,11-,12+,14+,15+/m0/s1. The van der Waals surface area contributed by atoms with E-state index >= 15 is 0 Å². The maximum absolute atomic E-state index is 11.2. The second-order valence-corrected chi connectivity index (χ2v) is 7.19. The van der Waals surface area contributed by atoms with Crippen LogP contribution in [0.4, 0.5) is 0 Å². The summed E-state index contributed by atoms with van der Waals surface area (Å²) < 4.78 is 0. The summed E-state index contributed by atoms with van der Waals surface area (Å²) in [6.45, 7) is 5.36. The average Bonchev–Trinajstić information content (AvgIpc) is 2.44. The van der Waals surface area contributed by atoms with Crippen molar-refractivity contribution in [3.05, 3.63) is 0 Å². The number of aliphatic carboxylic acids is 1. The molecule has 3 rings (SSSR count). The lowest BCUT2D eigenvalue weighted by atomic mass is 9.37. The van der Waals surface area contributed by atoms with Gasteiger partial charge in [0, 0.05) is 0 Å². The number of hydrogen-bond acceptors (Lipinski definition) is 2. The second kappa shape index (κ2) is 3.72. The van der Waals surface area contributed by atoms with Gasteiger partial charge in [0.2, 0.25) is 0 Å². The Kier molecular flexibility index (Phi) is 2.58. The van der Waals surface area contributed by atoms with Gasteiger partial charge in [0.1, 0.15) is 0 Å². The largest absolute Gasteiger partial charge is 0.481 e. The van der Waals surface area contributed by atoms with E-state index in [2.05, 4.69) is 13.8 Å². The highest BCUT2D eigenvalue weighted by atomic mass is 16.4. The van der Waals surface area contributed by atoms with E-state index < -0.39 is 5.97 Å². The molecule has 2 bridgehead atoms. The van der Waals surface area contributed by atoms with Crippen molar-refractivity contribution in [2.45, 2.75) is 46.0 Å². The summed E-state index contributed by atoms with van der Waals surface area (Å²) in [5.41, 5.74) is 6.33. The maximum Gasteiger partial charge on any atom is 0.303 e. The van der Waals surface area contributed by atoms with Crippen LogP contribution in [0.1, 0.15) is 46.0 Å². The van der Waals surface area contributed by atoms with Crippen molar-refractivity contribution in [2.24, 2.45) is 40.2 Å². The van der Waals surface area contributed by atoms with Crippen LogP contribution in [0.15, 0.2) is 0 Å². The third-order valence-electron chi connectivity index (χ3n) is 7.04. The highest BCUT2D eigenvalue weighted by Gasteiger charge is 2.73. The van der Waals surface area contributed by atoms with Gasteiger partial charge in [-0.1, -0.05) is 26.7 Å². The Hall–Kier alpha value is -0.570. The Morgan fingerprint density at radius 1 is 1.39 bits per heavy atom. The van der Waals surface area contributed by atoms with E-state index in [9.17, 15) is 9.90 Å². The predicted octanol–water partition coefficient (Wildman–Crippen LogP) is 2.50. The number of carbonyl (C=O) groups is 1. The van der Waals surface area contributed by atoms with Crippen LogP contribution in [-0.4, -0.2) is 17.6 Å². The van der Waals surface area contributed by atoms with Crippen LogP contribution in [0.3, 0.4) is 0 Å². The summed E-state index contributed by atoms with van der Waals surface area (Å²) in [6, 6.07) is 0. The molecule has 3 fully saturated rings. The van der Waals surface area contributed by atoms with Gasteiger partial charge in [0.05, 0.1) is 6.42 Å². The van der Waals surface area contributed by atoms with Crippen molar-refractivity contribution in [2.75, 3.05) is 6.54 Å². The Balaban J connectivity index is 1.99. The molecule has 3 aliphatic carbocycles. The molecule has 6 atom stereocenters. The molecule has 0 aromatic rings. The summed E-state index contributed by atoms with van der Waals surface area (Å²) in [5, 5.41) is 9.26. The fourth-order valence-corrected chi connectivity index (χ4v) is 6.20. The van der Waals surface area contributed by atoms with Crippen LogP contribution in [0.2, 0.25) is 0 Å². The van der Waals surface area contributed by atoms with E-state index in [4.69, 9.17) is 5.73 Å². The smallest absolute Gasteiger partial charge is 0.303 e. The summed E-state index contributed by atoms with van der Waals surface area (Å²) in [6.07, 6.45) is 5.31. The van der Waals surface area contributed by atoms with Gasteiger partial charge in [0.15, 0.2) is 0 Å². The predicted molar refractivity (Wildman–Crippen MR) is 69.9 cm³/mol. The monoisotopic (exact) mass is 251 g/mol. The van der Waals surface area contributed by atoms with Crippen LogP contribution >= 0.6 is 0 Å². The minimum absolute atomic E-state index is 0.0932. The zero-order valence-electron chi connectivity index (χ0n) is 11.5. The molecule has 3 aliphatic rings. The molecule has 3 nitrogen and oxygen atoms in total. The zero-order valence-corrected chi connectivity index (χ0v) is 11.5. The minimum atomic E-state index is -0.663. The third kappa shape index (κ3) is 1.21. The molecule has 0 aromatic heterocycles. The molecule has 0 unspecified atom stereocenters. The van der Waals surface area contributed by atoms with Crippen LogP contribution in [-0.2, 0) is 4.79 Å². The molecular weight excluding hydrogens is 226 g/mol. The third-order valence-corrected chi connectivity index (χ3v) is 7.04. The zero-order chi connectivity index (χ0) is 13.1. The Morgan fingerprint density at radius 2 is 2.11 bits per heavy atom. The molecule has 18 heavy (non-hydrogen) atoms. The molecule has 3 heteroatoms. The molecule has 0 aromatic carbocycles. The van der Waals surface area contributed by atoms with E-state index in [0.717, 1.165) is 11.8 Å². The van der Waals surface area contributed by atoms with Crippen molar-refractivity contribution >= 4 is 5.97 Å². The molecule has 0 amide bonds. The first kappa shape index (κ1) is 12.5. The van der Waals surface area contributed by atoms with E-state index in [1.807, 2.05) is 0 Å². The molecule has 0 spiro atoms.